The third kappa shape index (κ3) is 2.93. The van der Waals surface area contributed by atoms with Crippen molar-refractivity contribution in [2.24, 2.45) is 0 Å². The van der Waals surface area contributed by atoms with Crippen molar-refractivity contribution < 1.29 is 4.74 Å². The molecule has 0 heterocycles. The molecule has 1 heteroatoms. The van der Waals surface area contributed by atoms with Gasteiger partial charge in [0.25, 0.3) is 0 Å². The molecule has 0 saturated carbocycles. The fraction of sp³-hybridized carbons (Fsp3) is 0.364. The maximum atomic E-state index is 5.50. The summed E-state index contributed by atoms with van der Waals surface area (Å²) in [7, 11) is 1.75. The van der Waals surface area contributed by atoms with Crippen LogP contribution in [0.4, 0.5) is 0 Å². The maximum Gasteiger partial charge on any atom is 0.119 e. The molecular formula is C22H26O. The number of benzene rings is 2. The molecule has 0 N–H and O–H groups in total. The van der Waals surface area contributed by atoms with E-state index in [1.807, 2.05) is 0 Å². The lowest BCUT2D eigenvalue weighted by Gasteiger charge is -2.18. The van der Waals surface area contributed by atoms with E-state index < -0.39 is 0 Å². The van der Waals surface area contributed by atoms with Gasteiger partial charge in [-0.25, -0.2) is 0 Å². The van der Waals surface area contributed by atoms with Gasteiger partial charge in [-0.15, -0.1) is 0 Å². The fourth-order valence-corrected chi connectivity index (χ4v) is 3.85. The summed E-state index contributed by atoms with van der Waals surface area (Å²) in [4.78, 5) is 0. The van der Waals surface area contributed by atoms with Gasteiger partial charge >= 0.3 is 0 Å². The smallest absolute Gasteiger partial charge is 0.119 e. The van der Waals surface area contributed by atoms with Crippen LogP contribution in [0.2, 0.25) is 0 Å². The van der Waals surface area contributed by atoms with E-state index >= 15 is 0 Å². The Morgan fingerprint density at radius 1 is 0.913 bits per heavy atom. The largest absolute Gasteiger partial charge is 0.497 e. The highest BCUT2D eigenvalue weighted by Crippen LogP contribution is 2.49. The zero-order valence-electron chi connectivity index (χ0n) is 14.4. The summed E-state index contributed by atoms with van der Waals surface area (Å²) in [6.07, 6.45) is 4.72. The average molecular weight is 306 g/mol. The summed E-state index contributed by atoms with van der Waals surface area (Å²) in [6, 6.07) is 17.5. The molecule has 23 heavy (non-hydrogen) atoms. The lowest BCUT2D eigenvalue weighted by molar-refractivity contribution is 0.414. The number of methoxy groups -OCH3 is 1. The topological polar surface area (TPSA) is 9.23 Å². The Labute approximate surface area is 140 Å². The number of hydrogen-bond acceptors (Lipinski definition) is 1. The van der Waals surface area contributed by atoms with E-state index in [1.165, 1.54) is 36.0 Å². The highest BCUT2D eigenvalue weighted by Gasteiger charge is 2.31. The molecule has 0 aromatic heterocycles. The number of rotatable bonds is 6. The molecule has 1 aliphatic carbocycles. The van der Waals surface area contributed by atoms with Gasteiger partial charge in [0.1, 0.15) is 5.75 Å². The van der Waals surface area contributed by atoms with Crippen molar-refractivity contribution in [3.8, 4) is 5.75 Å². The first-order valence-electron chi connectivity index (χ1n) is 8.75. The van der Waals surface area contributed by atoms with Crippen molar-refractivity contribution in [1.82, 2.24) is 0 Å². The molecule has 1 aliphatic rings. The van der Waals surface area contributed by atoms with Crippen molar-refractivity contribution in [2.45, 2.75) is 45.4 Å². The standard InChI is InChI=1S/C22H26O/c1-4-9-18-19-14-13-17(23-3)15-21(19)22(20(18)10-5-2)16-11-7-6-8-12-16/h6-8,11-15,22H,4-5,9-10H2,1-3H3. The molecule has 0 saturated heterocycles. The molecule has 0 spiro atoms. The van der Waals surface area contributed by atoms with Crippen LogP contribution in [0.5, 0.6) is 5.75 Å². The molecule has 120 valence electrons. The normalized spacial score (nSPS) is 16.6. The first-order chi connectivity index (χ1) is 11.3. The molecule has 0 fully saturated rings. The van der Waals surface area contributed by atoms with Crippen molar-refractivity contribution >= 4 is 5.57 Å². The molecule has 1 atom stereocenters. The van der Waals surface area contributed by atoms with E-state index in [0.717, 1.165) is 12.2 Å². The molecule has 0 radical (unpaired) electrons. The van der Waals surface area contributed by atoms with Gasteiger partial charge in [-0.05, 0) is 47.2 Å². The molecule has 0 amide bonds. The van der Waals surface area contributed by atoms with E-state index in [4.69, 9.17) is 4.74 Å². The van der Waals surface area contributed by atoms with Crippen molar-refractivity contribution in [3.63, 3.8) is 0 Å². The average Bonchev–Trinajstić information content (AvgIpc) is 2.89. The summed E-state index contributed by atoms with van der Waals surface area (Å²) in [5.74, 6) is 1.35. The minimum atomic E-state index is 0.391. The van der Waals surface area contributed by atoms with Crippen LogP contribution in [-0.2, 0) is 0 Å². The molecule has 3 rings (SSSR count). The summed E-state index contributed by atoms with van der Waals surface area (Å²) in [5.41, 5.74) is 7.44. The highest BCUT2D eigenvalue weighted by molar-refractivity contribution is 5.80. The Balaban J connectivity index is 2.18. The maximum absolute atomic E-state index is 5.50. The van der Waals surface area contributed by atoms with Crippen molar-refractivity contribution in [2.75, 3.05) is 7.11 Å². The second-order valence-corrected chi connectivity index (χ2v) is 6.30. The highest BCUT2D eigenvalue weighted by atomic mass is 16.5. The van der Waals surface area contributed by atoms with Crippen molar-refractivity contribution in [1.29, 1.82) is 0 Å². The fourth-order valence-electron chi connectivity index (χ4n) is 3.85. The second-order valence-electron chi connectivity index (χ2n) is 6.30. The van der Waals surface area contributed by atoms with Crippen LogP contribution >= 0.6 is 0 Å². The van der Waals surface area contributed by atoms with Crippen LogP contribution in [-0.4, -0.2) is 7.11 Å². The van der Waals surface area contributed by atoms with E-state index in [0.29, 0.717) is 5.92 Å². The number of ether oxygens (including phenoxy) is 1. The van der Waals surface area contributed by atoms with E-state index in [-0.39, 0.29) is 0 Å². The van der Waals surface area contributed by atoms with Gasteiger partial charge in [0.15, 0.2) is 0 Å². The molecule has 1 unspecified atom stereocenters. The van der Waals surface area contributed by atoms with E-state index in [9.17, 15) is 0 Å². The van der Waals surface area contributed by atoms with Gasteiger partial charge in [0, 0.05) is 5.92 Å². The predicted octanol–water partition coefficient (Wildman–Crippen LogP) is 6.19. The Morgan fingerprint density at radius 2 is 1.65 bits per heavy atom. The Morgan fingerprint density at radius 3 is 2.30 bits per heavy atom. The molecule has 0 bridgehead atoms. The first kappa shape index (κ1) is 15.9. The molecule has 1 nitrogen and oxygen atoms in total. The monoisotopic (exact) mass is 306 g/mol. The summed E-state index contributed by atoms with van der Waals surface area (Å²) in [5, 5.41) is 0. The number of hydrogen-bond donors (Lipinski definition) is 0. The third-order valence-electron chi connectivity index (χ3n) is 4.78. The Bertz CT molecular complexity index is 697. The second kappa shape index (κ2) is 7.04. The lowest BCUT2D eigenvalue weighted by Crippen LogP contribution is -2.02. The van der Waals surface area contributed by atoms with Crippen LogP contribution in [0, 0.1) is 0 Å². The molecule has 2 aromatic carbocycles. The quantitative estimate of drug-likeness (QED) is 0.618. The van der Waals surface area contributed by atoms with Crippen molar-refractivity contribution in [3.05, 3.63) is 70.8 Å². The first-order valence-corrected chi connectivity index (χ1v) is 8.75. The van der Waals surface area contributed by atoms with Gasteiger partial charge in [-0.1, -0.05) is 68.7 Å². The summed E-state index contributed by atoms with van der Waals surface area (Å²) in [6.45, 7) is 4.55. The lowest BCUT2D eigenvalue weighted by atomic mass is 9.86. The third-order valence-corrected chi connectivity index (χ3v) is 4.78. The zero-order valence-corrected chi connectivity index (χ0v) is 14.4. The Hall–Kier alpha value is -2.02. The van der Waals surface area contributed by atoms with Gasteiger partial charge in [-0.3, -0.25) is 0 Å². The van der Waals surface area contributed by atoms with Crippen LogP contribution in [0.15, 0.2) is 54.1 Å². The van der Waals surface area contributed by atoms with Crippen LogP contribution < -0.4 is 4.74 Å². The summed E-state index contributed by atoms with van der Waals surface area (Å²) >= 11 is 0. The van der Waals surface area contributed by atoms with E-state index in [1.54, 1.807) is 18.3 Å². The minimum Gasteiger partial charge on any atom is -0.497 e. The number of allylic oxidation sites excluding steroid dienone is 2. The zero-order chi connectivity index (χ0) is 16.2. The van der Waals surface area contributed by atoms with Crippen LogP contribution in [0.1, 0.15) is 62.1 Å². The molecule has 0 aliphatic heterocycles. The number of fused-ring (bicyclic) bond motifs is 1. The van der Waals surface area contributed by atoms with Gasteiger partial charge in [0.05, 0.1) is 7.11 Å². The van der Waals surface area contributed by atoms with Gasteiger partial charge in [-0.2, -0.15) is 0 Å². The van der Waals surface area contributed by atoms with Crippen LogP contribution in [0.3, 0.4) is 0 Å². The van der Waals surface area contributed by atoms with Gasteiger partial charge < -0.3 is 4.74 Å². The molecular weight excluding hydrogens is 280 g/mol. The van der Waals surface area contributed by atoms with Crippen LogP contribution in [0.25, 0.3) is 5.57 Å². The predicted molar refractivity (Wildman–Crippen MR) is 98.0 cm³/mol. The van der Waals surface area contributed by atoms with Gasteiger partial charge in [0.2, 0.25) is 0 Å². The van der Waals surface area contributed by atoms with E-state index in [2.05, 4.69) is 62.4 Å². The Kier molecular flexibility index (Phi) is 4.85. The summed E-state index contributed by atoms with van der Waals surface area (Å²) < 4.78 is 5.50. The SMILES string of the molecule is CCCC1=C(CCC)C(c2ccccc2)c2cc(OC)ccc21. The minimum absolute atomic E-state index is 0.391. The molecule has 2 aromatic rings.